The lowest BCUT2D eigenvalue weighted by Gasteiger charge is -2.12. The van der Waals surface area contributed by atoms with Crippen molar-refractivity contribution in [2.75, 3.05) is 0 Å². The molecule has 5 heteroatoms. The molecule has 0 bridgehead atoms. The van der Waals surface area contributed by atoms with Gasteiger partial charge in [-0.2, -0.15) is 0 Å². The molecule has 0 N–H and O–H groups in total. The third-order valence-electron chi connectivity index (χ3n) is 10.5. The van der Waals surface area contributed by atoms with Crippen molar-refractivity contribution in [3.63, 3.8) is 0 Å². The Kier molecular flexibility index (Phi) is 7.87. The van der Waals surface area contributed by atoms with E-state index in [0.717, 1.165) is 22.1 Å². The lowest BCUT2D eigenvalue weighted by Crippen LogP contribution is -2.00. The minimum absolute atomic E-state index is 0.649. The first-order chi connectivity index (χ1) is 27.7. The van der Waals surface area contributed by atoms with Gasteiger partial charge in [0.05, 0.1) is 0 Å². The monoisotopic (exact) mass is 749 g/mol. The van der Waals surface area contributed by atoms with Gasteiger partial charge in [0.1, 0.15) is 0 Å². The summed E-state index contributed by atoms with van der Waals surface area (Å²) >= 11 is 3.71. The van der Waals surface area contributed by atoms with Crippen molar-refractivity contribution >= 4 is 63.0 Å². The molecule has 262 valence electrons. The molecule has 0 fully saturated rings. The summed E-state index contributed by atoms with van der Waals surface area (Å²) in [7, 11) is 0. The Morgan fingerprint density at radius 2 is 0.821 bits per heavy atom. The van der Waals surface area contributed by atoms with Crippen LogP contribution in [-0.4, -0.2) is 15.0 Å². The Labute approximate surface area is 331 Å². The molecule has 0 aliphatic carbocycles. The van der Waals surface area contributed by atoms with Gasteiger partial charge >= 0.3 is 0 Å². The first-order valence-corrected chi connectivity index (χ1v) is 20.3. The lowest BCUT2D eigenvalue weighted by molar-refractivity contribution is 1.08. The molecule has 11 rings (SSSR count). The van der Waals surface area contributed by atoms with Crippen LogP contribution in [0.15, 0.2) is 188 Å². The molecule has 0 aliphatic rings. The minimum Gasteiger partial charge on any atom is -0.208 e. The fourth-order valence-corrected chi connectivity index (χ4v) is 10.3. The molecule has 0 aliphatic heterocycles. The number of nitrogens with zero attached hydrogens (tertiary/aromatic N) is 3. The van der Waals surface area contributed by atoms with Crippen LogP contribution in [0, 0.1) is 0 Å². The minimum atomic E-state index is 0.649. The van der Waals surface area contributed by atoms with Gasteiger partial charge < -0.3 is 0 Å². The van der Waals surface area contributed by atoms with E-state index in [1.807, 2.05) is 59.1 Å². The predicted molar refractivity (Wildman–Crippen MR) is 238 cm³/mol. The number of hydrogen-bond donors (Lipinski definition) is 0. The van der Waals surface area contributed by atoms with Gasteiger partial charge in [0.15, 0.2) is 17.5 Å². The standard InChI is InChI=1S/C51H31N3S2/c1-5-15-32(16-6-1)37-30-41(33-17-7-2-8-18-33)47-43(31-37)46-40(51-53-49(34-19-9-3-10-20-34)52-50(54-51)35-21-11-4-12-22-35)27-26-38(48(46)56-47)36-25-28-45-42(29-36)39-23-13-14-24-44(39)55-45/h1-31H. The third-order valence-corrected chi connectivity index (χ3v) is 13.0. The van der Waals surface area contributed by atoms with Gasteiger partial charge in [-0.15, -0.1) is 22.7 Å². The highest BCUT2D eigenvalue weighted by Gasteiger charge is 2.22. The topological polar surface area (TPSA) is 38.7 Å². The maximum absolute atomic E-state index is 5.25. The zero-order valence-electron chi connectivity index (χ0n) is 30.1. The van der Waals surface area contributed by atoms with Crippen LogP contribution in [0.5, 0.6) is 0 Å². The molecule has 8 aromatic carbocycles. The van der Waals surface area contributed by atoms with Gasteiger partial charge in [-0.25, -0.2) is 15.0 Å². The number of benzene rings is 8. The highest BCUT2D eigenvalue weighted by atomic mass is 32.1. The van der Waals surface area contributed by atoms with Crippen molar-refractivity contribution in [3.05, 3.63) is 188 Å². The number of rotatable bonds is 6. The summed E-state index contributed by atoms with van der Waals surface area (Å²) in [6, 6.07) is 66.8. The number of thiophene rings is 2. The molecule has 0 atom stereocenters. The summed E-state index contributed by atoms with van der Waals surface area (Å²) in [5.74, 6) is 1.95. The normalized spacial score (nSPS) is 11.6. The van der Waals surface area contributed by atoms with Gasteiger partial charge in [-0.3, -0.25) is 0 Å². The smallest absolute Gasteiger partial charge is 0.164 e. The van der Waals surface area contributed by atoms with E-state index in [9.17, 15) is 0 Å². The first kappa shape index (κ1) is 32.6. The molecule has 0 saturated heterocycles. The molecule has 0 unspecified atom stereocenters. The second kappa shape index (κ2) is 13.5. The second-order valence-corrected chi connectivity index (χ2v) is 16.1. The van der Waals surface area contributed by atoms with E-state index in [-0.39, 0.29) is 0 Å². The second-order valence-electron chi connectivity index (χ2n) is 13.9. The van der Waals surface area contributed by atoms with Crippen LogP contribution in [0.2, 0.25) is 0 Å². The summed E-state index contributed by atoms with van der Waals surface area (Å²) in [4.78, 5) is 15.5. The van der Waals surface area contributed by atoms with Crippen LogP contribution in [0.4, 0.5) is 0 Å². The van der Waals surface area contributed by atoms with Crippen molar-refractivity contribution < 1.29 is 0 Å². The summed E-state index contributed by atoms with van der Waals surface area (Å²) in [6.07, 6.45) is 0. The van der Waals surface area contributed by atoms with Crippen molar-refractivity contribution in [1.29, 1.82) is 0 Å². The van der Waals surface area contributed by atoms with Gasteiger partial charge in [0.25, 0.3) is 0 Å². The maximum Gasteiger partial charge on any atom is 0.164 e. The third kappa shape index (κ3) is 5.60. The van der Waals surface area contributed by atoms with E-state index in [0.29, 0.717) is 17.5 Å². The Morgan fingerprint density at radius 1 is 0.286 bits per heavy atom. The Hall–Kier alpha value is -6.79. The van der Waals surface area contributed by atoms with Crippen LogP contribution in [0.25, 0.3) is 108 Å². The molecule has 3 aromatic heterocycles. The molecule has 3 nitrogen and oxygen atoms in total. The first-order valence-electron chi connectivity index (χ1n) is 18.7. The largest absolute Gasteiger partial charge is 0.208 e. The summed E-state index contributed by atoms with van der Waals surface area (Å²) < 4.78 is 5.05. The zero-order chi connectivity index (χ0) is 37.0. The average molecular weight is 750 g/mol. The average Bonchev–Trinajstić information content (AvgIpc) is 3.85. The van der Waals surface area contributed by atoms with Gasteiger partial charge in [0.2, 0.25) is 0 Å². The number of fused-ring (bicyclic) bond motifs is 6. The van der Waals surface area contributed by atoms with Crippen molar-refractivity contribution in [2.24, 2.45) is 0 Å². The predicted octanol–water partition coefficient (Wildman–Crippen LogP) is 14.6. The van der Waals surface area contributed by atoms with Gasteiger partial charge in [-0.05, 0) is 64.2 Å². The van der Waals surface area contributed by atoms with E-state index in [4.69, 9.17) is 15.0 Å². The summed E-state index contributed by atoms with van der Waals surface area (Å²) in [5.41, 5.74) is 10.0. The molecule has 56 heavy (non-hydrogen) atoms. The highest BCUT2D eigenvalue weighted by Crippen LogP contribution is 2.49. The van der Waals surface area contributed by atoms with Crippen LogP contribution >= 0.6 is 22.7 Å². The van der Waals surface area contributed by atoms with Crippen molar-refractivity contribution in [2.45, 2.75) is 0 Å². The summed E-state index contributed by atoms with van der Waals surface area (Å²) in [5, 5.41) is 4.92. The van der Waals surface area contributed by atoms with E-state index in [1.54, 1.807) is 0 Å². The summed E-state index contributed by atoms with van der Waals surface area (Å²) in [6.45, 7) is 0. The Bertz CT molecular complexity index is 3170. The van der Waals surface area contributed by atoms with Gasteiger partial charge in [0, 0.05) is 62.6 Å². The maximum atomic E-state index is 5.25. The highest BCUT2D eigenvalue weighted by molar-refractivity contribution is 7.27. The molecular weight excluding hydrogens is 719 g/mol. The van der Waals surface area contributed by atoms with E-state index < -0.39 is 0 Å². The Balaban J connectivity index is 1.25. The molecule has 0 radical (unpaired) electrons. The van der Waals surface area contributed by atoms with Gasteiger partial charge in [-0.1, -0.05) is 152 Å². The molecule has 0 saturated carbocycles. The zero-order valence-corrected chi connectivity index (χ0v) is 31.7. The Morgan fingerprint density at radius 3 is 1.50 bits per heavy atom. The van der Waals surface area contributed by atoms with Crippen LogP contribution in [0.1, 0.15) is 0 Å². The van der Waals surface area contributed by atoms with Crippen LogP contribution in [0.3, 0.4) is 0 Å². The van der Waals surface area contributed by atoms with Crippen LogP contribution in [-0.2, 0) is 0 Å². The number of aromatic nitrogens is 3. The number of hydrogen-bond acceptors (Lipinski definition) is 5. The molecular formula is C51H31N3S2. The van der Waals surface area contributed by atoms with E-state index in [2.05, 4.69) is 152 Å². The lowest BCUT2D eigenvalue weighted by atomic mass is 9.93. The van der Waals surface area contributed by atoms with E-state index >= 15 is 0 Å². The fraction of sp³-hybridized carbons (Fsp3) is 0. The molecule has 0 amide bonds. The quantitative estimate of drug-likeness (QED) is 0.170. The molecule has 3 heterocycles. The molecule has 0 spiro atoms. The van der Waals surface area contributed by atoms with Crippen molar-refractivity contribution in [1.82, 2.24) is 15.0 Å². The SMILES string of the molecule is c1ccc(-c2cc(-c3ccccc3)c3sc4c(-c5ccc6sc7ccccc7c6c5)ccc(-c5nc(-c6ccccc6)nc(-c6ccccc6)n5)c4c3c2)cc1. The molecule has 11 aromatic rings. The fourth-order valence-electron chi connectivity index (χ4n) is 7.85. The van der Waals surface area contributed by atoms with Crippen LogP contribution < -0.4 is 0 Å². The van der Waals surface area contributed by atoms with E-state index in [1.165, 1.54) is 68.3 Å². The van der Waals surface area contributed by atoms with Crippen molar-refractivity contribution in [3.8, 4) is 67.5 Å².